The second kappa shape index (κ2) is 24.8. The normalized spacial score (nSPS) is 23.3. The summed E-state index contributed by atoms with van der Waals surface area (Å²) >= 11 is 0. The third kappa shape index (κ3) is 13.6. The first-order valence-corrected chi connectivity index (χ1v) is 25.8. The van der Waals surface area contributed by atoms with Crippen molar-refractivity contribution in [3.8, 4) is 23.7 Å². The second-order valence-corrected chi connectivity index (χ2v) is 21.8. The Hall–Kier alpha value is -5.78. The predicted octanol–water partition coefficient (Wildman–Crippen LogP) is 3.63. The van der Waals surface area contributed by atoms with Crippen LogP contribution in [0.2, 0.25) is 0 Å². The van der Waals surface area contributed by atoms with Crippen LogP contribution < -0.4 is 31.9 Å². The number of likely N-dealkylation sites (N-methyl/N-ethyl adjacent to an activating group) is 2. The fraction of sp³-hybridized carbons (Fsp3) is 0.607. The fourth-order valence-electron chi connectivity index (χ4n) is 10.1. The van der Waals surface area contributed by atoms with E-state index in [2.05, 4.69) is 67.7 Å². The highest BCUT2D eigenvalue weighted by molar-refractivity contribution is 5.95. The smallest absolute Gasteiger partial charge is 0.246 e. The molecule has 0 bridgehead atoms. The van der Waals surface area contributed by atoms with E-state index in [4.69, 9.17) is 9.47 Å². The average Bonchev–Trinajstić information content (AvgIpc) is 4.07. The van der Waals surface area contributed by atoms with Crippen LogP contribution in [0.3, 0.4) is 0 Å². The van der Waals surface area contributed by atoms with Crippen LogP contribution in [-0.2, 0) is 51.1 Å². The van der Waals surface area contributed by atoms with Gasteiger partial charge >= 0.3 is 0 Å². The van der Waals surface area contributed by atoms with Gasteiger partial charge in [-0.3, -0.25) is 28.8 Å². The van der Waals surface area contributed by atoms with Gasteiger partial charge in [0.15, 0.2) is 0 Å². The number of nitrogens with one attached hydrogen (secondary N) is 6. The molecule has 2 aliphatic carbocycles. The van der Waals surface area contributed by atoms with Crippen LogP contribution in [0.15, 0.2) is 48.5 Å². The highest BCUT2D eigenvalue weighted by Crippen LogP contribution is 2.35. The molecule has 16 heteroatoms. The van der Waals surface area contributed by atoms with E-state index in [9.17, 15) is 28.8 Å². The summed E-state index contributed by atoms with van der Waals surface area (Å²) in [6.45, 7) is 15.9. The third-order valence-electron chi connectivity index (χ3n) is 14.6. The van der Waals surface area contributed by atoms with Crippen molar-refractivity contribution in [2.45, 2.75) is 167 Å². The Balaban J connectivity index is 1.07. The quantitative estimate of drug-likeness (QED) is 0.135. The highest BCUT2D eigenvalue weighted by atomic mass is 16.5. The van der Waals surface area contributed by atoms with Crippen molar-refractivity contribution in [2.24, 2.45) is 10.8 Å². The number of hydrogen-bond acceptors (Lipinski definition) is 10. The predicted molar refractivity (Wildman–Crippen MR) is 276 cm³/mol. The van der Waals surface area contributed by atoms with Crippen molar-refractivity contribution >= 4 is 35.4 Å². The van der Waals surface area contributed by atoms with E-state index in [0.717, 1.165) is 35.1 Å². The number of carbonyl (C=O) groups excluding carboxylic acids is 6. The van der Waals surface area contributed by atoms with Crippen LogP contribution in [0.5, 0.6) is 0 Å². The summed E-state index contributed by atoms with van der Waals surface area (Å²) in [5.41, 5.74) is 2.99. The number of carbonyl (C=O) groups is 6. The van der Waals surface area contributed by atoms with Crippen LogP contribution in [0.4, 0.5) is 0 Å². The van der Waals surface area contributed by atoms with Crippen molar-refractivity contribution in [3.63, 3.8) is 0 Å². The number of benzene rings is 2. The first-order chi connectivity index (χ1) is 34.2. The molecule has 10 atom stereocenters. The summed E-state index contributed by atoms with van der Waals surface area (Å²) in [7, 11) is 3.38. The SMILES string of the molecule is CN[C@@H](C)C(=O)N[C@H](C(=O)N1CCC[C@H]1C(=O)N[C@H]1c2ccccc2CC[C@H]1OCC#CC#CCO[C@@H]1CCc2ccccc2[C@@H]1NC(=O)[C@@H]1CCCN1C(=O)[C@@H](NC(=O)[C@H](C)NC)C(C)(C)C)C(C)(C)C. The zero-order valence-corrected chi connectivity index (χ0v) is 44.0. The van der Waals surface area contributed by atoms with E-state index in [-0.39, 0.29) is 60.9 Å². The Morgan fingerprint density at radius 3 is 1.33 bits per heavy atom. The molecule has 4 aliphatic rings. The molecule has 6 N–H and O–H groups in total. The molecule has 6 rings (SSSR count). The maximum atomic E-state index is 14.2. The third-order valence-corrected chi connectivity index (χ3v) is 14.6. The van der Waals surface area contributed by atoms with Gasteiger partial charge in [0.05, 0.1) is 36.4 Å². The van der Waals surface area contributed by atoms with Gasteiger partial charge in [0.1, 0.15) is 37.4 Å². The van der Waals surface area contributed by atoms with Crippen LogP contribution in [0.25, 0.3) is 0 Å². The number of aryl methyl sites for hydroxylation is 2. The van der Waals surface area contributed by atoms with Gasteiger partial charge in [0, 0.05) is 13.1 Å². The van der Waals surface area contributed by atoms with E-state index < -0.39 is 59.2 Å². The van der Waals surface area contributed by atoms with Crippen LogP contribution in [-0.4, -0.2) is 134 Å². The number of ether oxygens (including phenoxy) is 2. The molecule has 0 spiro atoms. The van der Waals surface area contributed by atoms with E-state index >= 15 is 0 Å². The molecule has 6 amide bonds. The minimum atomic E-state index is -0.820. The number of amides is 6. The molecule has 16 nitrogen and oxygen atoms in total. The Morgan fingerprint density at radius 2 is 0.972 bits per heavy atom. The highest BCUT2D eigenvalue weighted by Gasteiger charge is 2.45. The average molecular weight is 991 g/mol. The van der Waals surface area contributed by atoms with Gasteiger partial charge in [0.25, 0.3) is 0 Å². The van der Waals surface area contributed by atoms with Crippen LogP contribution >= 0.6 is 0 Å². The minimum Gasteiger partial charge on any atom is -0.363 e. The van der Waals surface area contributed by atoms with Gasteiger partial charge in [-0.2, -0.15) is 0 Å². The summed E-state index contributed by atoms with van der Waals surface area (Å²) in [5.74, 6) is 10.1. The number of fused-ring (bicyclic) bond motifs is 2. The Morgan fingerprint density at radius 1 is 0.597 bits per heavy atom. The number of likely N-dealkylation sites (tertiary alicyclic amines) is 2. The molecular formula is C56H78N8O8. The topological polar surface area (TPSA) is 200 Å². The lowest BCUT2D eigenvalue weighted by molar-refractivity contribution is -0.144. The summed E-state index contributed by atoms with van der Waals surface area (Å²) in [6, 6.07) is 11.0. The number of rotatable bonds is 16. The van der Waals surface area contributed by atoms with Gasteiger partial charge in [-0.1, -0.05) is 102 Å². The van der Waals surface area contributed by atoms with Crippen molar-refractivity contribution < 1.29 is 38.2 Å². The van der Waals surface area contributed by atoms with Gasteiger partial charge in [0.2, 0.25) is 35.4 Å². The zero-order chi connectivity index (χ0) is 52.3. The molecule has 2 saturated heterocycles. The Kier molecular flexibility index (Phi) is 19.1. The van der Waals surface area contributed by atoms with E-state index in [0.29, 0.717) is 51.6 Å². The minimum absolute atomic E-state index is 0.0763. The van der Waals surface area contributed by atoms with E-state index in [1.807, 2.05) is 77.9 Å². The summed E-state index contributed by atoms with van der Waals surface area (Å²) in [5, 5.41) is 18.2. The van der Waals surface area contributed by atoms with Crippen LogP contribution in [0.1, 0.15) is 128 Å². The molecule has 0 unspecified atom stereocenters. The lowest BCUT2D eigenvalue weighted by Crippen LogP contribution is -2.59. The second-order valence-electron chi connectivity index (χ2n) is 21.8. The first kappa shape index (κ1) is 55.5. The monoisotopic (exact) mass is 991 g/mol. The fourth-order valence-corrected chi connectivity index (χ4v) is 10.1. The molecule has 2 heterocycles. The number of hydrogen-bond donors (Lipinski definition) is 6. The summed E-state index contributed by atoms with van der Waals surface area (Å²) in [6.07, 6.45) is 4.42. The molecule has 2 fully saturated rings. The first-order valence-electron chi connectivity index (χ1n) is 25.8. The Bertz CT molecular complexity index is 2240. The van der Waals surface area contributed by atoms with E-state index in [1.54, 1.807) is 37.7 Å². The molecule has 390 valence electrons. The lowest BCUT2D eigenvalue weighted by atomic mass is 9.85. The molecule has 0 radical (unpaired) electrons. The van der Waals surface area contributed by atoms with E-state index in [1.165, 1.54) is 0 Å². The van der Waals surface area contributed by atoms with Crippen LogP contribution in [0, 0.1) is 34.5 Å². The molecule has 2 aromatic rings. The summed E-state index contributed by atoms with van der Waals surface area (Å²) in [4.78, 5) is 85.7. The summed E-state index contributed by atoms with van der Waals surface area (Å²) < 4.78 is 12.7. The molecule has 0 aromatic heterocycles. The standard InChI is InChI=1S/C56H78N8O8/c1-35(57-9)49(65)61-47(55(3,4)5)53(69)63-31-19-25-41(63)51(67)59-45-39-23-15-13-21-37(39)27-29-43(45)71-33-17-11-12-18-34-72-44-30-28-38-22-14-16-24-40(38)46(44)60-52(68)42-26-20-32-64(42)54(70)48(56(6,7)8)62-50(66)36(2)58-10/h13-16,21-24,35-36,41-48,57-58H,19-20,25-34H2,1-10H3,(H,59,67)(H,60,68)(H,61,65)(H,62,66)/t35-,36-,41-,42-,43+,44+,45-,46-,47+,48+/m0/s1. The molecule has 72 heavy (non-hydrogen) atoms. The lowest BCUT2D eigenvalue weighted by Gasteiger charge is -2.37. The van der Waals surface area contributed by atoms with Crippen molar-refractivity contribution in [1.82, 2.24) is 41.7 Å². The van der Waals surface area contributed by atoms with Gasteiger partial charge in [-0.15, -0.1) is 0 Å². The van der Waals surface area contributed by atoms with Crippen molar-refractivity contribution in [1.29, 1.82) is 0 Å². The van der Waals surface area contributed by atoms with Crippen molar-refractivity contribution in [2.75, 3.05) is 40.4 Å². The molecule has 0 saturated carbocycles. The van der Waals surface area contributed by atoms with Gasteiger partial charge < -0.3 is 51.2 Å². The van der Waals surface area contributed by atoms with Gasteiger partial charge in [-0.25, -0.2) is 0 Å². The largest absolute Gasteiger partial charge is 0.363 e. The van der Waals surface area contributed by atoms with Crippen molar-refractivity contribution in [3.05, 3.63) is 70.8 Å². The zero-order valence-electron chi connectivity index (χ0n) is 44.0. The maximum Gasteiger partial charge on any atom is 0.246 e. The number of nitrogens with zero attached hydrogens (tertiary/aromatic N) is 2. The Labute approximate surface area is 427 Å². The maximum absolute atomic E-state index is 14.2. The molecular weight excluding hydrogens is 913 g/mol. The van der Waals surface area contributed by atoms with Gasteiger partial charge in [-0.05, 0) is 124 Å². The molecule has 2 aromatic carbocycles. The molecule has 2 aliphatic heterocycles.